The molecule has 0 saturated carbocycles. The van der Waals surface area contributed by atoms with E-state index in [-0.39, 0.29) is 6.04 Å². The van der Waals surface area contributed by atoms with Crippen molar-refractivity contribution in [3.8, 4) is 5.69 Å². The quantitative estimate of drug-likeness (QED) is 0.923. The van der Waals surface area contributed by atoms with Gasteiger partial charge < -0.3 is 5.73 Å². The Labute approximate surface area is 110 Å². The molecule has 0 amide bonds. The number of halogens is 1. The van der Waals surface area contributed by atoms with Crippen LogP contribution in [0.3, 0.4) is 0 Å². The first kappa shape index (κ1) is 12.3. The highest BCUT2D eigenvalue weighted by molar-refractivity contribution is 9.10. The van der Waals surface area contributed by atoms with E-state index in [0.29, 0.717) is 0 Å². The van der Waals surface area contributed by atoms with Crippen LogP contribution in [0.1, 0.15) is 29.9 Å². The van der Waals surface area contributed by atoms with Gasteiger partial charge in [-0.15, -0.1) is 0 Å². The number of rotatable bonds is 2. The van der Waals surface area contributed by atoms with Crippen LogP contribution in [0.5, 0.6) is 0 Å². The van der Waals surface area contributed by atoms with Crippen molar-refractivity contribution in [2.45, 2.75) is 26.8 Å². The largest absolute Gasteiger partial charge is 0.324 e. The maximum atomic E-state index is 5.98. The summed E-state index contributed by atoms with van der Waals surface area (Å²) in [5.74, 6) is 0. The van der Waals surface area contributed by atoms with E-state index in [9.17, 15) is 0 Å². The van der Waals surface area contributed by atoms with E-state index in [1.54, 1.807) is 0 Å². The molecule has 90 valence electrons. The zero-order chi connectivity index (χ0) is 12.6. The maximum Gasteiger partial charge on any atom is 0.0790 e. The van der Waals surface area contributed by atoms with Crippen molar-refractivity contribution in [1.82, 2.24) is 9.78 Å². The summed E-state index contributed by atoms with van der Waals surface area (Å²) >= 11 is 3.55. The Morgan fingerprint density at radius 1 is 1.29 bits per heavy atom. The van der Waals surface area contributed by atoms with Gasteiger partial charge in [0.05, 0.1) is 11.4 Å². The zero-order valence-electron chi connectivity index (χ0n) is 10.2. The molecular formula is C13H16BrN3. The summed E-state index contributed by atoms with van der Waals surface area (Å²) < 4.78 is 2.97. The highest BCUT2D eigenvalue weighted by Crippen LogP contribution is 2.26. The van der Waals surface area contributed by atoms with Gasteiger partial charge in [-0.1, -0.05) is 12.1 Å². The van der Waals surface area contributed by atoms with Crippen molar-refractivity contribution >= 4 is 15.9 Å². The molecule has 3 nitrogen and oxygen atoms in total. The van der Waals surface area contributed by atoms with E-state index in [1.807, 2.05) is 42.8 Å². The lowest BCUT2D eigenvalue weighted by atomic mass is 10.1. The molecule has 0 saturated heterocycles. The monoisotopic (exact) mass is 293 g/mol. The minimum atomic E-state index is 0.00578. The summed E-state index contributed by atoms with van der Waals surface area (Å²) in [5.41, 5.74) is 10.2. The van der Waals surface area contributed by atoms with Crippen LogP contribution in [-0.2, 0) is 0 Å². The van der Waals surface area contributed by atoms with E-state index in [1.165, 1.54) is 0 Å². The third kappa shape index (κ3) is 2.15. The Bertz CT molecular complexity index is 544. The average molecular weight is 294 g/mol. The Morgan fingerprint density at radius 3 is 2.47 bits per heavy atom. The molecule has 4 heteroatoms. The Balaban J connectivity index is 2.62. The van der Waals surface area contributed by atoms with E-state index in [4.69, 9.17) is 5.73 Å². The fourth-order valence-electron chi connectivity index (χ4n) is 2.17. The lowest BCUT2D eigenvalue weighted by Crippen LogP contribution is -2.08. The number of nitrogens with two attached hydrogens (primary N) is 1. The van der Waals surface area contributed by atoms with E-state index < -0.39 is 0 Å². The van der Waals surface area contributed by atoms with Gasteiger partial charge in [-0.3, -0.25) is 0 Å². The predicted molar refractivity (Wildman–Crippen MR) is 73.3 cm³/mol. The van der Waals surface area contributed by atoms with Crippen LogP contribution in [0, 0.1) is 13.8 Å². The molecule has 0 fully saturated rings. The van der Waals surface area contributed by atoms with Crippen molar-refractivity contribution in [3.05, 3.63) is 45.7 Å². The van der Waals surface area contributed by atoms with Crippen molar-refractivity contribution in [2.75, 3.05) is 0 Å². The normalized spacial score (nSPS) is 12.8. The minimum Gasteiger partial charge on any atom is -0.324 e. The number of nitrogens with zero attached hydrogens (tertiary/aromatic N) is 2. The summed E-state index contributed by atoms with van der Waals surface area (Å²) in [6.07, 6.45) is 0. The first-order valence-electron chi connectivity index (χ1n) is 5.59. The summed E-state index contributed by atoms with van der Waals surface area (Å²) in [6, 6.07) is 8.05. The van der Waals surface area contributed by atoms with Gasteiger partial charge in [0, 0.05) is 21.8 Å². The van der Waals surface area contributed by atoms with Crippen molar-refractivity contribution in [3.63, 3.8) is 0 Å². The molecule has 1 aromatic carbocycles. The first-order chi connectivity index (χ1) is 8.02. The van der Waals surface area contributed by atoms with Crippen LogP contribution in [0.25, 0.3) is 5.69 Å². The van der Waals surface area contributed by atoms with Crippen molar-refractivity contribution in [1.29, 1.82) is 0 Å². The van der Waals surface area contributed by atoms with Gasteiger partial charge in [-0.2, -0.15) is 5.10 Å². The van der Waals surface area contributed by atoms with Crippen molar-refractivity contribution < 1.29 is 0 Å². The van der Waals surface area contributed by atoms with Crippen LogP contribution in [0.4, 0.5) is 0 Å². The molecule has 2 rings (SSSR count). The molecule has 1 unspecified atom stereocenters. The van der Waals surface area contributed by atoms with Crippen LogP contribution in [0.15, 0.2) is 28.7 Å². The molecule has 1 heterocycles. The Morgan fingerprint density at radius 2 is 1.94 bits per heavy atom. The highest BCUT2D eigenvalue weighted by Gasteiger charge is 2.16. The summed E-state index contributed by atoms with van der Waals surface area (Å²) in [7, 11) is 0. The van der Waals surface area contributed by atoms with Gasteiger partial charge in [0.1, 0.15) is 0 Å². The second-order valence-corrected chi connectivity index (χ2v) is 5.09. The number of aryl methyl sites for hydroxylation is 1. The van der Waals surface area contributed by atoms with Gasteiger partial charge in [0.2, 0.25) is 0 Å². The second kappa shape index (κ2) is 4.63. The summed E-state index contributed by atoms with van der Waals surface area (Å²) in [6.45, 7) is 6.04. The van der Waals surface area contributed by atoms with Gasteiger partial charge in [-0.05, 0) is 48.8 Å². The van der Waals surface area contributed by atoms with Gasteiger partial charge >= 0.3 is 0 Å². The first-order valence-corrected chi connectivity index (χ1v) is 6.38. The Hall–Kier alpha value is -1.13. The van der Waals surface area contributed by atoms with E-state index >= 15 is 0 Å². The molecule has 0 aliphatic rings. The third-order valence-electron chi connectivity index (χ3n) is 2.88. The molecule has 0 aliphatic heterocycles. The molecule has 17 heavy (non-hydrogen) atoms. The van der Waals surface area contributed by atoms with E-state index in [2.05, 4.69) is 28.0 Å². The molecule has 2 N–H and O–H groups in total. The molecule has 2 aromatic rings. The Kier molecular flexibility index (Phi) is 3.35. The van der Waals surface area contributed by atoms with E-state index in [0.717, 1.165) is 27.1 Å². The molecular weight excluding hydrogens is 278 g/mol. The third-order valence-corrected chi connectivity index (χ3v) is 3.55. The molecule has 1 aromatic heterocycles. The van der Waals surface area contributed by atoms with Gasteiger partial charge in [0.25, 0.3) is 0 Å². The predicted octanol–water partition coefficient (Wildman–Crippen LogP) is 3.27. The summed E-state index contributed by atoms with van der Waals surface area (Å²) in [4.78, 5) is 0. The van der Waals surface area contributed by atoms with Gasteiger partial charge in [-0.25, -0.2) is 4.68 Å². The molecule has 0 bridgehead atoms. The second-order valence-electron chi connectivity index (χ2n) is 4.24. The van der Waals surface area contributed by atoms with Gasteiger partial charge in [0.15, 0.2) is 0 Å². The number of hydrogen-bond donors (Lipinski definition) is 1. The highest BCUT2D eigenvalue weighted by atomic mass is 79.9. The summed E-state index contributed by atoms with van der Waals surface area (Å²) in [5, 5.41) is 4.57. The molecule has 0 radical (unpaired) electrons. The molecule has 1 atom stereocenters. The van der Waals surface area contributed by atoms with Crippen LogP contribution < -0.4 is 5.73 Å². The topological polar surface area (TPSA) is 43.8 Å². The SMILES string of the molecule is Cc1nn(-c2ccccc2Br)c(C)c1C(C)N. The van der Waals surface area contributed by atoms with Crippen LogP contribution in [-0.4, -0.2) is 9.78 Å². The fourth-order valence-corrected chi connectivity index (χ4v) is 2.62. The fraction of sp³-hybridized carbons (Fsp3) is 0.308. The van der Waals surface area contributed by atoms with Crippen molar-refractivity contribution in [2.24, 2.45) is 5.73 Å². The number of benzene rings is 1. The van der Waals surface area contributed by atoms with Crippen LogP contribution in [0.2, 0.25) is 0 Å². The maximum absolute atomic E-state index is 5.98. The minimum absolute atomic E-state index is 0.00578. The smallest absolute Gasteiger partial charge is 0.0790 e. The number of para-hydroxylation sites is 1. The molecule has 0 aliphatic carbocycles. The van der Waals surface area contributed by atoms with Crippen LogP contribution >= 0.6 is 15.9 Å². The molecule has 0 spiro atoms. The number of aromatic nitrogens is 2. The lowest BCUT2D eigenvalue weighted by molar-refractivity contribution is 0.795. The lowest BCUT2D eigenvalue weighted by Gasteiger charge is -2.08. The standard InChI is InChI=1S/C13H16BrN3/c1-8(15)13-9(2)16-17(10(13)3)12-7-5-4-6-11(12)14/h4-8H,15H2,1-3H3. The average Bonchev–Trinajstić information content (AvgIpc) is 2.55. The zero-order valence-corrected chi connectivity index (χ0v) is 11.8. The number of hydrogen-bond acceptors (Lipinski definition) is 2.